The number of benzene rings is 1. The SMILES string of the molecule is FC(F)(F)c1cccc(CN2CCC3(CCNC3)C2)c1. The first-order valence-corrected chi connectivity index (χ1v) is 7.06. The molecule has 2 fully saturated rings. The second-order valence-corrected chi connectivity index (χ2v) is 6.09. The number of halogens is 3. The van der Waals surface area contributed by atoms with Crippen LogP contribution in [0.25, 0.3) is 0 Å². The molecule has 2 aliphatic heterocycles. The molecule has 110 valence electrons. The van der Waals surface area contributed by atoms with Gasteiger partial charge in [-0.3, -0.25) is 4.90 Å². The van der Waals surface area contributed by atoms with Crippen LogP contribution < -0.4 is 5.32 Å². The van der Waals surface area contributed by atoms with Gasteiger partial charge in [-0.1, -0.05) is 18.2 Å². The van der Waals surface area contributed by atoms with Crippen molar-refractivity contribution in [1.82, 2.24) is 10.2 Å². The number of hydrogen-bond donors (Lipinski definition) is 1. The van der Waals surface area contributed by atoms with Gasteiger partial charge in [-0.15, -0.1) is 0 Å². The molecule has 0 bridgehead atoms. The Morgan fingerprint density at radius 3 is 2.80 bits per heavy atom. The Morgan fingerprint density at radius 2 is 2.10 bits per heavy atom. The molecule has 0 aromatic heterocycles. The van der Waals surface area contributed by atoms with Crippen molar-refractivity contribution in [2.24, 2.45) is 5.41 Å². The van der Waals surface area contributed by atoms with E-state index in [2.05, 4.69) is 10.2 Å². The number of rotatable bonds is 2. The van der Waals surface area contributed by atoms with Crippen molar-refractivity contribution >= 4 is 0 Å². The molecule has 1 N–H and O–H groups in total. The van der Waals surface area contributed by atoms with Gasteiger partial charge in [-0.2, -0.15) is 13.2 Å². The van der Waals surface area contributed by atoms with E-state index in [4.69, 9.17) is 0 Å². The number of alkyl halides is 3. The van der Waals surface area contributed by atoms with Gasteiger partial charge in [0.1, 0.15) is 0 Å². The molecular formula is C15H19F3N2. The standard InChI is InChI=1S/C15H19F3N2/c16-15(17,18)13-3-1-2-12(8-13)9-20-7-5-14(11-20)4-6-19-10-14/h1-3,8,19H,4-7,9-11H2. The largest absolute Gasteiger partial charge is 0.416 e. The van der Waals surface area contributed by atoms with Crippen molar-refractivity contribution in [3.8, 4) is 0 Å². The number of hydrogen-bond acceptors (Lipinski definition) is 2. The zero-order valence-electron chi connectivity index (χ0n) is 11.3. The van der Waals surface area contributed by atoms with Crippen molar-refractivity contribution in [2.75, 3.05) is 26.2 Å². The minimum atomic E-state index is -4.25. The van der Waals surface area contributed by atoms with Crippen LogP contribution in [0.15, 0.2) is 24.3 Å². The van der Waals surface area contributed by atoms with Crippen molar-refractivity contribution in [3.05, 3.63) is 35.4 Å². The van der Waals surface area contributed by atoms with Crippen LogP contribution in [0, 0.1) is 5.41 Å². The summed E-state index contributed by atoms with van der Waals surface area (Å²) in [6.07, 6.45) is -1.91. The Hall–Kier alpha value is -1.07. The van der Waals surface area contributed by atoms with E-state index in [9.17, 15) is 13.2 Å². The zero-order valence-corrected chi connectivity index (χ0v) is 11.3. The summed E-state index contributed by atoms with van der Waals surface area (Å²) in [4.78, 5) is 2.28. The maximum atomic E-state index is 12.7. The van der Waals surface area contributed by atoms with E-state index >= 15 is 0 Å². The van der Waals surface area contributed by atoms with Gasteiger partial charge in [-0.05, 0) is 43.0 Å². The number of nitrogens with zero attached hydrogens (tertiary/aromatic N) is 1. The Bertz CT molecular complexity index is 478. The molecule has 0 saturated carbocycles. The van der Waals surface area contributed by atoms with E-state index in [0.717, 1.165) is 44.2 Å². The third-order valence-corrected chi connectivity index (χ3v) is 4.51. The van der Waals surface area contributed by atoms with Crippen LogP contribution in [-0.2, 0) is 12.7 Å². The fourth-order valence-corrected chi connectivity index (χ4v) is 3.41. The van der Waals surface area contributed by atoms with Gasteiger partial charge in [0.2, 0.25) is 0 Å². The van der Waals surface area contributed by atoms with Crippen LogP contribution in [0.2, 0.25) is 0 Å². The van der Waals surface area contributed by atoms with Gasteiger partial charge in [0.05, 0.1) is 5.56 Å². The van der Waals surface area contributed by atoms with Gasteiger partial charge >= 0.3 is 6.18 Å². The van der Waals surface area contributed by atoms with Crippen LogP contribution >= 0.6 is 0 Å². The lowest BCUT2D eigenvalue weighted by Crippen LogP contribution is -2.29. The average Bonchev–Trinajstić information content (AvgIpc) is 3.00. The molecule has 3 rings (SSSR count). The van der Waals surface area contributed by atoms with Crippen molar-refractivity contribution in [2.45, 2.75) is 25.6 Å². The van der Waals surface area contributed by atoms with E-state index < -0.39 is 11.7 Å². The molecule has 20 heavy (non-hydrogen) atoms. The highest BCUT2D eigenvalue weighted by atomic mass is 19.4. The Morgan fingerprint density at radius 1 is 1.25 bits per heavy atom. The maximum Gasteiger partial charge on any atom is 0.416 e. The van der Waals surface area contributed by atoms with E-state index in [1.54, 1.807) is 6.07 Å². The molecule has 0 radical (unpaired) electrons. The fraction of sp³-hybridized carbons (Fsp3) is 0.600. The van der Waals surface area contributed by atoms with Crippen LogP contribution in [0.4, 0.5) is 13.2 Å². The summed E-state index contributed by atoms with van der Waals surface area (Å²) in [6.45, 7) is 4.71. The second kappa shape index (κ2) is 5.04. The summed E-state index contributed by atoms with van der Waals surface area (Å²) in [5.74, 6) is 0. The molecule has 1 aromatic rings. The van der Waals surface area contributed by atoms with Gasteiger partial charge < -0.3 is 5.32 Å². The molecule has 1 aromatic carbocycles. The third kappa shape index (κ3) is 2.83. The highest BCUT2D eigenvalue weighted by Crippen LogP contribution is 2.37. The minimum Gasteiger partial charge on any atom is -0.316 e. The highest BCUT2D eigenvalue weighted by Gasteiger charge is 2.40. The predicted octanol–water partition coefficient (Wildman–Crippen LogP) is 2.89. The van der Waals surface area contributed by atoms with E-state index in [1.165, 1.54) is 18.6 Å². The predicted molar refractivity (Wildman–Crippen MR) is 71.3 cm³/mol. The van der Waals surface area contributed by atoms with Crippen LogP contribution in [0.5, 0.6) is 0 Å². The van der Waals surface area contributed by atoms with E-state index in [-0.39, 0.29) is 0 Å². The quantitative estimate of drug-likeness (QED) is 0.898. The molecule has 1 unspecified atom stereocenters. The Labute approximate surface area is 117 Å². The van der Waals surface area contributed by atoms with E-state index in [1.807, 2.05) is 0 Å². The summed E-state index contributed by atoms with van der Waals surface area (Å²) in [5.41, 5.74) is 0.566. The molecule has 5 heteroatoms. The molecule has 2 heterocycles. The zero-order chi connectivity index (χ0) is 14.2. The maximum absolute atomic E-state index is 12.7. The summed E-state index contributed by atoms with van der Waals surface area (Å²) in [5, 5.41) is 3.39. The Kier molecular flexibility index (Phi) is 3.50. The smallest absolute Gasteiger partial charge is 0.316 e. The molecule has 2 aliphatic rings. The molecular weight excluding hydrogens is 265 g/mol. The first-order chi connectivity index (χ1) is 9.47. The lowest BCUT2D eigenvalue weighted by molar-refractivity contribution is -0.137. The van der Waals surface area contributed by atoms with Crippen LogP contribution in [-0.4, -0.2) is 31.1 Å². The summed E-state index contributed by atoms with van der Waals surface area (Å²) < 4.78 is 38.1. The van der Waals surface area contributed by atoms with Crippen molar-refractivity contribution in [1.29, 1.82) is 0 Å². The van der Waals surface area contributed by atoms with Crippen molar-refractivity contribution in [3.63, 3.8) is 0 Å². The van der Waals surface area contributed by atoms with E-state index in [0.29, 0.717) is 12.0 Å². The first kappa shape index (κ1) is 13.9. The normalized spacial score (nSPS) is 27.6. The van der Waals surface area contributed by atoms with Gasteiger partial charge in [0, 0.05) is 19.6 Å². The molecule has 1 spiro atoms. The van der Waals surface area contributed by atoms with Crippen LogP contribution in [0.1, 0.15) is 24.0 Å². The molecule has 0 aliphatic carbocycles. The summed E-state index contributed by atoms with van der Waals surface area (Å²) in [6, 6.07) is 5.70. The topological polar surface area (TPSA) is 15.3 Å². The van der Waals surface area contributed by atoms with Gasteiger partial charge in [0.15, 0.2) is 0 Å². The molecule has 2 saturated heterocycles. The fourth-order valence-electron chi connectivity index (χ4n) is 3.41. The molecule has 0 amide bonds. The van der Waals surface area contributed by atoms with Gasteiger partial charge in [0.25, 0.3) is 0 Å². The number of likely N-dealkylation sites (tertiary alicyclic amines) is 1. The number of nitrogens with one attached hydrogen (secondary N) is 1. The minimum absolute atomic E-state index is 0.363. The molecule has 2 nitrogen and oxygen atoms in total. The third-order valence-electron chi connectivity index (χ3n) is 4.51. The van der Waals surface area contributed by atoms with Crippen LogP contribution in [0.3, 0.4) is 0 Å². The second-order valence-electron chi connectivity index (χ2n) is 6.09. The average molecular weight is 284 g/mol. The lowest BCUT2D eigenvalue weighted by Gasteiger charge is -2.23. The monoisotopic (exact) mass is 284 g/mol. The van der Waals surface area contributed by atoms with Crippen molar-refractivity contribution < 1.29 is 13.2 Å². The highest BCUT2D eigenvalue weighted by molar-refractivity contribution is 5.25. The lowest BCUT2D eigenvalue weighted by atomic mass is 9.86. The summed E-state index contributed by atoms with van der Waals surface area (Å²) in [7, 11) is 0. The first-order valence-electron chi connectivity index (χ1n) is 7.06. The summed E-state index contributed by atoms with van der Waals surface area (Å²) >= 11 is 0. The van der Waals surface area contributed by atoms with Gasteiger partial charge in [-0.25, -0.2) is 0 Å². The molecule has 1 atom stereocenters. The Balaban J connectivity index is 1.67.